The first-order valence-corrected chi connectivity index (χ1v) is 10.9. The van der Waals surface area contributed by atoms with E-state index in [1.807, 2.05) is 0 Å². The molecule has 0 bridgehead atoms. The highest BCUT2D eigenvalue weighted by molar-refractivity contribution is 8.10. The highest BCUT2D eigenvalue weighted by atomic mass is 32.3. The van der Waals surface area contributed by atoms with E-state index >= 15 is 0 Å². The van der Waals surface area contributed by atoms with E-state index in [9.17, 15) is 31.5 Å². The summed E-state index contributed by atoms with van der Waals surface area (Å²) in [4.78, 5) is 24.5. The van der Waals surface area contributed by atoms with Crippen LogP contribution in [-0.4, -0.2) is 70.8 Å². The molecule has 1 aromatic carbocycles. The molecule has 1 aliphatic rings. The van der Waals surface area contributed by atoms with Crippen molar-refractivity contribution in [2.24, 2.45) is 0 Å². The minimum absolute atomic E-state index is 0.0256. The summed E-state index contributed by atoms with van der Waals surface area (Å²) in [6.07, 6.45) is 0. The molecular weight excluding hydrogens is 404 g/mol. The summed E-state index contributed by atoms with van der Waals surface area (Å²) in [6, 6.07) is 3.48. The normalized spacial score (nSPS) is 26.0. The molecule has 1 N–H and O–H groups in total. The van der Waals surface area contributed by atoms with E-state index in [0.717, 1.165) is 26.4 Å². The molecule has 0 aromatic heterocycles. The minimum atomic E-state index is -4.52. The van der Waals surface area contributed by atoms with E-state index in [4.69, 9.17) is 4.74 Å². The minimum Gasteiger partial charge on any atom is -0.504 e. The fraction of sp³-hybridized carbons (Fsp3) is 0.467. The number of phenolic OH excluding ortho intramolecular Hbond substituents is 1. The summed E-state index contributed by atoms with van der Waals surface area (Å²) in [6.45, 7) is 0. The third kappa shape index (κ3) is 3.72. The number of aromatic hydroxyl groups is 1. The first kappa shape index (κ1) is 21.0. The predicted molar refractivity (Wildman–Crippen MR) is 91.7 cm³/mol. The number of rotatable bonds is 4. The maximum Gasteiger partial charge on any atom is 0.324 e. The van der Waals surface area contributed by atoms with E-state index in [2.05, 4.69) is 9.47 Å². The predicted octanol–water partition coefficient (Wildman–Crippen LogP) is -0.632. The third-order valence-electron chi connectivity index (χ3n) is 4.21. The molecular formula is C15H18O10S2. The Kier molecular flexibility index (Phi) is 5.71. The van der Waals surface area contributed by atoms with Gasteiger partial charge in [0.2, 0.25) is 0 Å². The molecule has 12 heteroatoms. The van der Waals surface area contributed by atoms with Crippen molar-refractivity contribution >= 4 is 31.6 Å². The van der Waals surface area contributed by atoms with Crippen molar-refractivity contribution in [3.63, 3.8) is 0 Å². The average Bonchev–Trinajstić information content (AvgIpc) is 2.58. The number of methoxy groups -OCH3 is 3. The number of hydrogen-bond donors (Lipinski definition) is 1. The molecule has 0 unspecified atom stereocenters. The van der Waals surface area contributed by atoms with Crippen LogP contribution >= 0.6 is 0 Å². The van der Waals surface area contributed by atoms with E-state index in [0.29, 0.717) is 0 Å². The van der Waals surface area contributed by atoms with Gasteiger partial charge in [-0.05, 0) is 17.7 Å². The number of phenols is 1. The van der Waals surface area contributed by atoms with Crippen molar-refractivity contribution in [2.45, 2.75) is 16.4 Å². The van der Waals surface area contributed by atoms with Crippen molar-refractivity contribution in [3.8, 4) is 11.5 Å². The standard InChI is InChI=1S/C15H18O10S2/c1-23-10-6-8(4-5-9(10)16)11-12(14(17)24-2)26(19,20)7-27(21,22)13(11)15(18)25-3/h4-6,11-13,16H,7H2,1-3H3/t12-,13-/m0/s1. The average molecular weight is 422 g/mol. The summed E-state index contributed by atoms with van der Waals surface area (Å²) in [5, 5.41) is 4.43. The van der Waals surface area contributed by atoms with Crippen molar-refractivity contribution in [2.75, 3.05) is 26.4 Å². The molecule has 1 aromatic rings. The van der Waals surface area contributed by atoms with Gasteiger partial charge in [0.05, 0.1) is 21.3 Å². The van der Waals surface area contributed by atoms with Crippen LogP contribution < -0.4 is 4.74 Å². The molecule has 0 aliphatic carbocycles. The van der Waals surface area contributed by atoms with Gasteiger partial charge in [-0.25, -0.2) is 16.8 Å². The monoisotopic (exact) mass is 422 g/mol. The van der Waals surface area contributed by atoms with Crippen LogP contribution in [0.1, 0.15) is 11.5 Å². The number of hydrogen-bond acceptors (Lipinski definition) is 10. The molecule has 0 amide bonds. The van der Waals surface area contributed by atoms with Gasteiger partial charge in [-0.2, -0.15) is 0 Å². The molecule has 10 nitrogen and oxygen atoms in total. The number of benzene rings is 1. The molecule has 1 fully saturated rings. The molecule has 0 radical (unpaired) electrons. The number of esters is 2. The van der Waals surface area contributed by atoms with E-state index in [1.54, 1.807) is 0 Å². The molecule has 2 rings (SSSR count). The zero-order chi connectivity index (χ0) is 20.6. The molecule has 1 heterocycles. The van der Waals surface area contributed by atoms with Crippen molar-refractivity contribution in [1.82, 2.24) is 0 Å². The second-order valence-corrected chi connectivity index (χ2v) is 10.4. The van der Waals surface area contributed by atoms with Gasteiger partial charge in [0.25, 0.3) is 0 Å². The molecule has 0 saturated carbocycles. The molecule has 150 valence electrons. The summed E-state index contributed by atoms with van der Waals surface area (Å²) in [5.41, 5.74) is -0.0256. The van der Waals surface area contributed by atoms with E-state index < -0.39 is 53.1 Å². The van der Waals surface area contributed by atoms with Crippen LogP contribution in [0.25, 0.3) is 0 Å². The summed E-state index contributed by atoms with van der Waals surface area (Å²) in [7, 11) is -5.92. The summed E-state index contributed by atoms with van der Waals surface area (Å²) < 4.78 is 64.2. The van der Waals surface area contributed by atoms with Gasteiger partial charge in [0, 0.05) is 5.92 Å². The van der Waals surface area contributed by atoms with E-state index in [-0.39, 0.29) is 17.1 Å². The Bertz CT molecular complexity index is 912. The van der Waals surface area contributed by atoms with Crippen molar-refractivity contribution in [3.05, 3.63) is 23.8 Å². The largest absolute Gasteiger partial charge is 0.504 e. The lowest BCUT2D eigenvalue weighted by Crippen LogP contribution is -2.55. The van der Waals surface area contributed by atoms with Crippen LogP contribution in [-0.2, 0) is 38.7 Å². The Morgan fingerprint density at radius 2 is 1.44 bits per heavy atom. The van der Waals surface area contributed by atoms with Gasteiger partial charge < -0.3 is 19.3 Å². The van der Waals surface area contributed by atoms with Crippen LogP contribution in [0.4, 0.5) is 0 Å². The first-order chi connectivity index (χ1) is 12.5. The second kappa shape index (κ2) is 7.35. The maximum atomic E-state index is 12.5. The second-order valence-electron chi connectivity index (χ2n) is 5.79. The number of carbonyl (C=O) groups is 2. The Labute approximate surface area is 155 Å². The van der Waals surface area contributed by atoms with Gasteiger partial charge in [0.15, 0.2) is 46.8 Å². The Hall–Kier alpha value is -2.34. The Morgan fingerprint density at radius 1 is 0.963 bits per heavy atom. The van der Waals surface area contributed by atoms with Gasteiger partial charge in [-0.3, -0.25) is 9.59 Å². The molecule has 0 spiro atoms. The zero-order valence-electron chi connectivity index (χ0n) is 14.6. The fourth-order valence-corrected chi connectivity index (χ4v) is 8.46. The molecule has 2 atom stereocenters. The van der Waals surface area contributed by atoms with Crippen LogP contribution in [0.5, 0.6) is 11.5 Å². The summed E-state index contributed by atoms with van der Waals surface area (Å²) >= 11 is 0. The number of carbonyl (C=O) groups excluding carboxylic acids is 2. The lowest BCUT2D eigenvalue weighted by molar-refractivity contribution is -0.142. The highest BCUT2D eigenvalue weighted by Gasteiger charge is 2.58. The van der Waals surface area contributed by atoms with Gasteiger partial charge >= 0.3 is 11.9 Å². The quantitative estimate of drug-likeness (QED) is 0.621. The lowest BCUT2D eigenvalue weighted by atomic mass is 9.91. The van der Waals surface area contributed by atoms with E-state index in [1.165, 1.54) is 13.2 Å². The van der Waals surface area contributed by atoms with Crippen LogP contribution in [0.2, 0.25) is 0 Å². The van der Waals surface area contributed by atoms with Crippen LogP contribution in [0.3, 0.4) is 0 Å². The highest BCUT2D eigenvalue weighted by Crippen LogP contribution is 2.41. The topological polar surface area (TPSA) is 150 Å². The van der Waals surface area contributed by atoms with Crippen LogP contribution in [0, 0.1) is 0 Å². The van der Waals surface area contributed by atoms with Gasteiger partial charge in [-0.15, -0.1) is 0 Å². The van der Waals surface area contributed by atoms with Crippen LogP contribution in [0.15, 0.2) is 18.2 Å². The Balaban J connectivity index is 2.83. The lowest BCUT2D eigenvalue weighted by Gasteiger charge is -2.34. The molecule has 1 saturated heterocycles. The zero-order valence-corrected chi connectivity index (χ0v) is 16.2. The van der Waals surface area contributed by atoms with Crippen molar-refractivity contribution < 1.29 is 45.7 Å². The number of sulfone groups is 2. The molecule has 1 aliphatic heterocycles. The first-order valence-electron chi connectivity index (χ1n) is 7.46. The Morgan fingerprint density at radius 3 is 1.85 bits per heavy atom. The smallest absolute Gasteiger partial charge is 0.324 e. The maximum absolute atomic E-state index is 12.5. The van der Waals surface area contributed by atoms with Gasteiger partial charge in [0.1, 0.15) is 0 Å². The SMILES string of the molecule is COC(=O)[C@@H]1C(c2ccc(O)c(OC)c2)[C@@H](C(=O)OC)S(=O)(=O)CS1(=O)=O. The third-order valence-corrected chi connectivity index (χ3v) is 9.36. The molecule has 27 heavy (non-hydrogen) atoms. The number of ether oxygens (including phenoxy) is 3. The summed E-state index contributed by atoms with van der Waals surface area (Å²) in [5.74, 6) is -4.47. The fourth-order valence-electron chi connectivity index (χ4n) is 3.05. The van der Waals surface area contributed by atoms with Crippen molar-refractivity contribution in [1.29, 1.82) is 0 Å². The van der Waals surface area contributed by atoms with Gasteiger partial charge in [-0.1, -0.05) is 6.07 Å².